The van der Waals surface area contributed by atoms with Crippen LogP contribution in [0.15, 0.2) is 81.3 Å². The lowest BCUT2D eigenvalue weighted by Crippen LogP contribution is -2.35. The molecule has 3 aromatic rings. The van der Waals surface area contributed by atoms with Gasteiger partial charge >= 0.3 is 0 Å². The van der Waals surface area contributed by atoms with E-state index < -0.39 is 0 Å². The maximum absolute atomic E-state index is 6.29. The SMILES string of the molecule is CN(C)CCN1C(=S)N[C@@H](c2ccccn2)[C@H]1c1ccc(Sc2ccccc2)o1. The summed E-state index contributed by atoms with van der Waals surface area (Å²) in [5, 5.41) is 5.07. The van der Waals surface area contributed by atoms with Crippen molar-refractivity contribution in [3.63, 3.8) is 0 Å². The first-order valence-corrected chi connectivity index (χ1v) is 10.8. The van der Waals surface area contributed by atoms with Crippen LogP contribution in [0.25, 0.3) is 0 Å². The van der Waals surface area contributed by atoms with Crippen LogP contribution in [0.3, 0.4) is 0 Å². The summed E-state index contributed by atoms with van der Waals surface area (Å²) in [4.78, 5) is 10.1. The van der Waals surface area contributed by atoms with Gasteiger partial charge in [-0.1, -0.05) is 36.0 Å². The third kappa shape index (κ3) is 4.63. The van der Waals surface area contributed by atoms with Gasteiger partial charge in [0.2, 0.25) is 0 Å². The molecule has 150 valence electrons. The molecule has 1 saturated heterocycles. The number of pyridine rings is 1. The molecule has 2 atom stereocenters. The van der Waals surface area contributed by atoms with E-state index in [-0.39, 0.29) is 12.1 Å². The standard InChI is InChI=1S/C22H24N4OS2/c1-25(2)14-15-26-21(20(24-22(26)28)17-10-6-7-13-23-17)18-11-12-19(27-18)29-16-8-4-3-5-9-16/h3-13,20-21H,14-15H2,1-2H3,(H,24,28)/t20-,21+/m0/s1. The van der Waals surface area contributed by atoms with Crippen LogP contribution in [0.4, 0.5) is 0 Å². The predicted molar refractivity (Wildman–Crippen MR) is 120 cm³/mol. The van der Waals surface area contributed by atoms with Gasteiger partial charge in [0.05, 0.1) is 11.7 Å². The van der Waals surface area contributed by atoms with Gasteiger partial charge in [0.25, 0.3) is 0 Å². The number of aromatic nitrogens is 1. The number of nitrogens with one attached hydrogen (secondary N) is 1. The highest BCUT2D eigenvalue weighted by molar-refractivity contribution is 7.99. The zero-order valence-electron chi connectivity index (χ0n) is 16.5. The van der Waals surface area contributed by atoms with E-state index >= 15 is 0 Å². The van der Waals surface area contributed by atoms with Crippen molar-refractivity contribution in [1.29, 1.82) is 0 Å². The fraction of sp³-hybridized carbons (Fsp3) is 0.273. The number of rotatable bonds is 7. The topological polar surface area (TPSA) is 44.5 Å². The highest BCUT2D eigenvalue weighted by Gasteiger charge is 2.41. The monoisotopic (exact) mass is 424 g/mol. The third-order valence-electron chi connectivity index (χ3n) is 4.84. The van der Waals surface area contributed by atoms with E-state index in [0.717, 1.165) is 39.6 Å². The summed E-state index contributed by atoms with van der Waals surface area (Å²) in [6.45, 7) is 1.72. The quantitative estimate of drug-likeness (QED) is 0.565. The Balaban J connectivity index is 1.63. The molecule has 0 amide bonds. The number of hydrogen-bond acceptors (Lipinski definition) is 5. The molecule has 0 radical (unpaired) electrons. The Morgan fingerprint density at radius 2 is 1.90 bits per heavy atom. The van der Waals surface area contributed by atoms with Gasteiger partial charge in [0, 0.05) is 24.2 Å². The van der Waals surface area contributed by atoms with E-state index in [1.54, 1.807) is 11.8 Å². The molecular weight excluding hydrogens is 400 g/mol. The molecule has 1 aliphatic rings. The van der Waals surface area contributed by atoms with Crippen molar-refractivity contribution in [2.45, 2.75) is 22.1 Å². The zero-order valence-corrected chi connectivity index (χ0v) is 18.1. The summed E-state index contributed by atoms with van der Waals surface area (Å²) in [6, 6.07) is 20.2. The minimum absolute atomic E-state index is 0.0394. The maximum Gasteiger partial charge on any atom is 0.170 e. The summed E-state index contributed by atoms with van der Waals surface area (Å²) in [5.74, 6) is 0.894. The molecule has 1 N–H and O–H groups in total. The van der Waals surface area contributed by atoms with Gasteiger partial charge in [-0.15, -0.1) is 0 Å². The van der Waals surface area contributed by atoms with Crippen LogP contribution in [0.5, 0.6) is 0 Å². The first kappa shape index (κ1) is 19.9. The van der Waals surface area contributed by atoms with Crippen LogP contribution in [0.2, 0.25) is 0 Å². The summed E-state index contributed by atoms with van der Waals surface area (Å²) in [7, 11) is 4.14. The summed E-state index contributed by atoms with van der Waals surface area (Å²) in [6.07, 6.45) is 1.82. The molecular formula is C22H24N4OS2. The summed E-state index contributed by atoms with van der Waals surface area (Å²) in [5.41, 5.74) is 0.959. The Hall–Kier alpha value is -2.35. The van der Waals surface area contributed by atoms with Crippen molar-refractivity contribution in [2.75, 3.05) is 27.2 Å². The Kier molecular flexibility index (Phi) is 6.18. The second-order valence-corrected chi connectivity index (χ2v) is 8.66. The minimum Gasteiger partial charge on any atom is -0.452 e. The molecule has 0 saturated carbocycles. The Labute approximate surface area is 181 Å². The molecule has 2 aromatic heterocycles. The van der Waals surface area contributed by atoms with Crippen molar-refractivity contribution < 1.29 is 4.42 Å². The molecule has 4 rings (SSSR count). The largest absolute Gasteiger partial charge is 0.452 e. The molecule has 5 nitrogen and oxygen atoms in total. The van der Waals surface area contributed by atoms with Gasteiger partial charge in [-0.2, -0.15) is 0 Å². The van der Waals surface area contributed by atoms with Gasteiger partial charge in [-0.3, -0.25) is 4.98 Å². The van der Waals surface area contributed by atoms with E-state index in [2.05, 4.69) is 52.4 Å². The maximum atomic E-state index is 6.29. The van der Waals surface area contributed by atoms with Crippen LogP contribution in [-0.4, -0.2) is 47.1 Å². The Morgan fingerprint density at radius 3 is 2.62 bits per heavy atom. The van der Waals surface area contributed by atoms with Crippen molar-refractivity contribution in [2.24, 2.45) is 0 Å². The lowest BCUT2D eigenvalue weighted by molar-refractivity contribution is 0.239. The van der Waals surface area contributed by atoms with Gasteiger partial charge in [-0.05, 0) is 62.7 Å². The zero-order chi connectivity index (χ0) is 20.2. The van der Waals surface area contributed by atoms with Crippen LogP contribution < -0.4 is 5.32 Å². The first-order chi connectivity index (χ1) is 14.1. The summed E-state index contributed by atoms with van der Waals surface area (Å²) < 4.78 is 6.29. The summed E-state index contributed by atoms with van der Waals surface area (Å²) >= 11 is 7.30. The lowest BCUT2D eigenvalue weighted by atomic mass is 10.0. The molecule has 1 fully saturated rings. The van der Waals surface area contributed by atoms with Crippen LogP contribution in [0, 0.1) is 0 Å². The Morgan fingerprint density at radius 1 is 1.10 bits per heavy atom. The van der Waals surface area contributed by atoms with Crippen LogP contribution in [0.1, 0.15) is 23.5 Å². The average Bonchev–Trinajstić information content (AvgIpc) is 3.31. The van der Waals surface area contributed by atoms with Crippen LogP contribution >= 0.6 is 24.0 Å². The fourth-order valence-corrected chi connectivity index (χ4v) is 4.55. The second-order valence-electron chi connectivity index (χ2n) is 7.20. The normalized spacial score (nSPS) is 19.0. The minimum atomic E-state index is -0.0495. The molecule has 29 heavy (non-hydrogen) atoms. The van der Waals surface area contributed by atoms with E-state index in [0.29, 0.717) is 0 Å². The Bertz CT molecular complexity index is 946. The number of furan rings is 1. The number of hydrogen-bond donors (Lipinski definition) is 1. The lowest BCUT2D eigenvalue weighted by Gasteiger charge is -2.27. The van der Waals surface area contributed by atoms with E-state index in [4.69, 9.17) is 16.6 Å². The molecule has 1 aromatic carbocycles. The smallest absolute Gasteiger partial charge is 0.170 e. The average molecular weight is 425 g/mol. The highest BCUT2D eigenvalue weighted by Crippen LogP contribution is 2.40. The predicted octanol–water partition coefficient (Wildman–Crippen LogP) is 4.36. The second kappa shape index (κ2) is 8.98. The fourth-order valence-electron chi connectivity index (χ4n) is 3.42. The molecule has 0 aliphatic carbocycles. The molecule has 7 heteroatoms. The molecule has 0 unspecified atom stereocenters. The van der Waals surface area contributed by atoms with E-state index in [1.807, 2.05) is 48.7 Å². The van der Waals surface area contributed by atoms with Crippen molar-refractivity contribution in [3.05, 3.63) is 78.3 Å². The highest BCUT2D eigenvalue weighted by atomic mass is 32.2. The molecule has 0 spiro atoms. The van der Waals surface area contributed by atoms with Gasteiger partial charge in [0.1, 0.15) is 11.8 Å². The van der Waals surface area contributed by atoms with Crippen LogP contribution in [-0.2, 0) is 0 Å². The van der Waals surface area contributed by atoms with Crippen molar-refractivity contribution in [3.8, 4) is 0 Å². The van der Waals surface area contributed by atoms with Gasteiger partial charge < -0.3 is 19.5 Å². The van der Waals surface area contributed by atoms with Gasteiger partial charge in [0.15, 0.2) is 10.2 Å². The molecule has 1 aliphatic heterocycles. The molecule has 0 bridgehead atoms. The van der Waals surface area contributed by atoms with Crippen molar-refractivity contribution >= 4 is 29.1 Å². The number of thiocarbonyl (C=S) groups is 1. The number of benzene rings is 1. The van der Waals surface area contributed by atoms with Gasteiger partial charge in [-0.25, -0.2) is 0 Å². The van der Waals surface area contributed by atoms with E-state index in [1.165, 1.54) is 0 Å². The van der Waals surface area contributed by atoms with E-state index in [9.17, 15) is 0 Å². The first-order valence-electron chi connectivity index (χ1n) is 9.57. The van der Waals surface area contributed by atoms with Crippen molar-refractivity contribution in [1.82, 2.24) is 20.1 Å². The number of nitrogens with zero attached hydrogens (tertiary/aromatic N) is 3. The third-order valence-corrected chi connectivity index (χ3v) is 6.12. The number of likely N-dealkylation sites (N-methyl/N-ethyl adjacent to an activating group) is 1. The molecule has 3 heterocycles.